The predicted molar refractivity (Wildman–Crippen MR) is 93.3 cm³/mol. The van der Waals surface area contributed by atoms with Gasteiger partial charge >= 0.3 is 5.97 Å². The van der Waals surface area contributed by atoms with Crippen LogP contribution in [0.15, 0.2) is 0 Å². The molecule has 1 aliphatic rings. The van der Waals surface area contributed by atoms with Crippen LogP contribution in [0.5, 0.6) is 0 Å². The van der Waals surface area contributed by atoms with Gasteiger partial charge in [0, 0.05) is 24.8 Å². The number of carboxylic acid groups (broad SMARTS) is 1. The smallest absolute Gasteiger partial charge is 0.305 e. The molecule has 148 valence electrons. The van der Waals surface area contributed by atoms with E-state index >= 15 is 0 Å². The molecule has 0 aromatic rings. The molecule has 7 nitrogen and oxygen atoms in total. The molecule has 1 fully saturated rings. The molecule has 0 bridgehead atoms. The van der Waals surface area contributed by atoms with Gasteiger partial charge in [-0.05, 0) is 32.4 Å². The molecule has 0 spiro atoms. The lowest BCUT2D eigenvalue weighted by Crippen LogP contribution is -2.47. The van der Waals surface area contributed by atoms with E-state index in [0.29, 0.717) is 6.54 Å². The molecule has 1 heterocycles. The molecule has 0 radical (unpaired) electrons. The minimum atomic E-state index is -1.41. The Balaban J connectivity index is 2.77. The molecule has 2 unspecified atom stereocenters. The number of nitrogens with zero attached hydrogens (tertiary/aromatic N) is 1. The van der Waals surface area contributed by atoms with Crippen LogP contribution >= 0.6 is 0 Å². The van der Waals surface area contributed by atoms with Gasteiger partial charge in [-0.2, -0.15) is 0 Å². The molecular weight excluding hydrogens is 343 g/mol. The topological polar surface area (TPSA) is 104 Å². The van der Waals surface area contributed by atoms with Gasteiger partial charge in [0.1, 0.15) is 18.5 Å². The standard InChI is InChI=1S/C18H29FN2O5/c1-11(2)13(7-15(22)12-5-4-6-21(3)10-12)18(26)20-14(8-17(24)25)16(23)9-19/h11-14H,4-10H2,1-3H3,(H,20,26)(H,24,25)/t12?,13-,14?/m0/s1. The summed E-state index contributed by atoms with van der Waals surface area (Å²) >= 11 is 0. The fourth-order valence-corrected chi connectivity index (χ4v) is 3.24. The summed E-state index contributed by atoms with van der Waals surface area (Å²) in [5.74, 6) is -3.85. The maximum Gasteiger partial charge on any atom is 0.305 e. The lowest BCUT2D eigenvalue weighted by atomic mass is 9.83. The zero-order chi connectivity index (χ0) is 19.9. The number of aliphatic carboxylic acids is 1. The van der Waals surface area contributed by atoms with Crippen molar-refractivity contribution in [1.82, 2.24) is 10.2 Å². The van der Waals surface area contributed by atoms with E-state index < -0.39 is 42.7 Å². The molecule has 1 saturated heterocycles. The second kappa shape index (κ2) is 10.4. The highest BCUT2D eigenvalue weighted by Crippen LogP contribution is 2.23. The Kier molecular flexibility index (Phi) is 8.84. The molecule has 0 aliphatic carbocycles. The Morgan fingerprint density at radius 2 is 1.88 bits per heavy atom. The van der Waals surface area contributed by atoms with Gasteiger partial charge in [0.25, 0.3) is 0 Å². The summed E-state index contributed by atoms with van der Waals surface area (Å²) in [4.78, 5) is 49.6. The van der Waals surface area contributed by atoms with E-state index in [0.717, 1.165) is 19.4 Å². The molecular formula is C18H29FN2O5. The summed E-state index contributed by atoms with van der Waals surface area (Å²) in [6.07, 6.45) is 1.07. The normalized spacial score (nSPS) is 20.4. The Morgan fingerprint density at radius 3 is 2.38 bits per heavy atom. The molecule has 1 aliphatic heterocycles. The molecule has 3 atom stereocenters. The van der Waals surface area contributed by atoms with Gasteiger partial charge in [-0.3, -0.25) is 19.2 Å². The van der Waals surface area contributed by atoms with E-state index in [-0.39, 0.29) is 24.0 Å². The summed E-state index contributed by atoms with van der Waals surface area (Å²) < 4.78 is 12.6. The zero-order valence-corrected chi connectivity index (χ0v) is 15.7. The van der Waals surface area contributed by atoms with Gasteiger partial charge in [-0.1, -0.05) is 13.8 Å². The summed E-state index contributed by atoms with van der Waals surface area (Å²) in [6, 6.07) is -1.41. The number of halogens is 1. The van der Waals surface area contributed by atoms with Crippen LogP contribution in [0, 0.1) is 17.8 Å². The van der Waals surface area contributed by atoms with Crippen molar-refractivity contribution in [1.29, 1.82) is 0 Å². The number of carbonyl (C=O) groups excluding carboxylic acids is 3. The van der Waals surface area contributed by atoms with Crippen molar-refractivity contribution in [2.75, 3.05) is 26.8 Å². The number of carboxylic acids is 1. The maximum atomic E-state index is 12.6. The first-order valence-corrected chi connectivity index (χ1v) is 8.97. The van der Waals surface area contributed by atoms with Crippen LogP contribution in [-0.2, 0) is 19.2 Å². The van der Waals surface area contributed by atoms with Crippen molar-refractivity contribution in [2.24, 2.45) is 17.8 Å². The second-order valence-electron chi connectivity index (χ2n) is 7.38. The van der Waals surface area contributed by atoms with Crippen LogP contribution in [-0.4, -0.2) is 66.3 Å². The largest absolute Gasteiger partial charge is 0.481 e. The van der Waals surface area contributed by atoms with Gasteiger partial charge in [-0.25, -0.2) is 4.39 Å². The Bertz CT molecular complexity index is 538. The Labute approximate surface area is 153 Å². The van der Waals surface area contributed by atoms with Crippen LogP contribution in [0.2, 0.25) is 0 Å². The number of likely N-dealkylation sites (tertiary alicyclic amines) is 1. The summed E-state index contributed by atoms with van der Waals surface area (Å²) in [6.45, 7) is 3.83. The summed E-state index contributed by atoms with van der Waals surface area (Å²) in [5.41, 5.74) is 0. The number of rotatable bonds is 10. The highest BCUT2D eigenvalue weighted by molar-refractivity contribution is 5.94. The molecule has 1 amide bonds. The second-order valence-corrected chi connectivity index (χ2v) is 7.38. The van der Waals surface area contributed by atoms with E-state index in [9.17, 15) is 23.6 Å². The summed E-state index contributed by atoms with van der Waals surface area (Å²) in [5, 5.41) is 11.2. The quantitative estimate of drug-likeness (QED) is 0.594. The molecule has 0 saturated carbocycles. The third-order valence-electron chi connectivity index (χ3n) is 4.86. The minimum absolute atomic E-state index is 0.00278. The number of ketones is 2. The van der Waals surface area contributed by atoms with Crippen molar-refractivity contribution in [3.05, 3.63) is 0 Å². The molecule has 2 N–H and O–H groups in total. The van der Waals surface area contributed by atoms with Crippen molar-refractivity contribution in [3.8, 4) is 0 Å². The van der Waals surface area contributed by atoms with Crippen LogP contribution in [0.1, 0.15) is 39.5 Å². The molecule has 1 rings (SSSR count). The van der Waals surface area contributed by atoms with E-state index in [1.165, 1.54) is 0 Å². The van der Waals surface area contributed by atoms with Gasteiger partial charge in [0.15, 0.2) is 5.78 Å². The highest BCUT2D eigenvalue weighted by Gasteiger charge is 2.33. The SMILES string of the molecule is CC(C)[C@H](CC(=O)C1CCCN(C)C1)C(=O)NC(CC(=O)O)C(=O)CF. The number of hydrogen-bond donors (Lipinski definition) is 2. The van der Waals surface area contributed by atoms with Gasteiger partial charge in [-0.15, -0.1) is 0 Å². The highest BCUT2D eigenvalue weighted by atomic mass is 19.1. The number of piperidine rings is 1. The van der Waals surface area contributed by atoms with Crippen LogP contribution in [0.3, 0.4) is 0 Å². The monoisotopic (exact) mass is 372 g/mol. The zero-order valence-electron chi connectivity index (χ0n) is 15.7. The fourth-order valence-electron chi connectivity index (χ4n) is 3.24. The van der Waals surface area contributed by atoms with Crippen molar-refractivity contribution >= 4 is 23.4 Å². The van der Waals surface area contributed by atoms with Gasteiger partial charge in [0.2, 0.25) is 5.91 Å². The van der Waals surface area contributed by atoms with E-state index in [1.54, 1.807) is 13.8 Å². The van der Waals surface area contributed by atoms with Crippen molar-refractivity contribution in [3.63, 3.8) is 0 Å². The van der Waals surface area contributed by atoms with Gasteiger partial charge in [0.05, 0.1) is 6.42 Å². The summed E-state index contributed by atoms with van der Waals surface area (Å²) in [7, 11) is 1.95. The Hall–Kier alpha value is -1.83. The number of nitrogens with one attached hydrogen (secondary N) is 1. The molecule has 8 heteroatoms. The predicted octanol–water partition coefficient (Wildman–Crippen LogP) is 1.06. The average molecular weight is 372 g/mol. The lowest BCUT2D eigenvalue weighted by Gasteiger charge is -2.30. The first kappa shape index (κ1) is 22.2. The van der Waals surface area contributed by atoms with E-state index in [2.05, 4.69) is 10.2 Å². The first-order chi connectivity index (χ1) is 12.1. The number of hydrogen-bond acceptors (Lipinski definition) is 5. The van der Waals surface area contributed by atoms with Crippen molar-refractivity contribution in [2.45, 2.75) is 45.6 Å². The number of carbonyl (C=O) groups is 4. The van der Waals surface area contributed by atoms with Crippen LogP contribution in [0.4, 0.5) is 4.39 Å². The third kappa shape index (κ3) is 6.82. The first-order valence-electron chi connectivity index (χ1n) is 8.97. The van der Waals surface area contributed by atoms with Gasteiger partial charge < -0.3 is 15.3 Å². The minimum Gasteiger partial charge on any atom is -0.481 e. The van der Waals surface area contributed by atoms with E-state index in [4.69, 9.17) is 5.11 Å². The fraction of sp³-hybridized carbons (Fsp3) is 0.778. The molecule has 0 aromatic heterocycles. The molecule has 26 heavy (non-hydrogen) atoms. The Morgan fingerprint density at radius 1 is 1.23 bits per heavy atom. The lowest BCUT2D eigenvalue weighted by molar-refractivity contribution is -0.141. The number of alkyl halides is 1. The average Bonchev–Trinajstić information content (AvgIpc) is 2.57. The third-order valence-corrected chi connectivity index (χ3v) is 4.86. The molecule has 0 aromatic carbocycles. The number of Topliss-reactive ketones (excluding diaryl/α,β-unsaturated/α-hetero) is 2. The number of amides is 1. The maximum absolute atomic E-state index is 12.6. The van der Waals surface area contributed by atoms with Crippen LogP contribution < -0.4 is 5.32 Å². The van der Waals surface area contributed by atoms with Crippen LogP contribution in [0.25, 0.3) is 0 Å². The van der Waals surface area contributed by atoms with E-state index in [1.807, 2.05) is 7.05 Å². The van der Waals surface area contributed by atoms with Crippen molar-refractivity contribution < 1.29 is 28.7 Å².